The summed E-state index contributed by atoms with van der Waals surface area (Å²) in [5, 5.41) is 6.10. The Bertz CT molecular complexity index is 1140. The van der Waals surface area contributed by atoms with Crippen LogP contribution >= 0.6 is 0 Å². The zero-order valence-corrected chi connectivity index (χ0v) is 17.9. The number of carbonyl (C=O) groups excluding carboxylic acids is 1. The summed E-state index contributed by atoms with van der Waals surface area (Å²) < 4.78 is 28.1. The second kappa shape index (κ2) is 9.32. The van der Waals surface area contributed by atoms with Crippen molar-refractivity contribution in [2.45, 2.75) is 36.6 Å². The molecule has 0 spiro atoms. The normalized spacial score (nSPS) is 14.3. The predicted octanol–water partition coefficient (Wildman–Crippen LogP) is 4.90. The average Bonchev–Trinajstić information content (AvgIpc) is 3.28. The molecule has 0 aromatic heterocycles. The van der Waals surface area contributed by atoms with E-state index in [9.17, 15) is 13.2 Å². The van der Waals surface area contributed by atoms with Crippen molar-refractivity contribution in [1.82, 2.24) is 4.72 Å². The molecule has 160 valence electrons. The van der Waals surface area contributed by atoms with Crippen LogP contribution in [0.1, 0.15) is 36.0 Å². The summed E-state index contributed by atoms with van der Waals surface area (Å²) in [5.74, 6) is -0.360. The molecule has 6 nitrogen and oxygen atoms in total. The molecule has 7 heteroatoms. The molecular formula is C24H25N3O3S. The number of para-hydroxylation sites is 1. The van der Waals surface area contributed by atoms with Gasteiger partial charge in [-0.05, 0) is 67.4 Å². The minimum Gasteiger partial charge on any atom is -0.356 e. The summed E-state index contributed by atoms with van der Waals surface area (Å²) in [6, 6.07) is 23.2. The van der Waals surface area contributed by atoms with Crippen molar-refractivity contribution < 1.29 is 13.2 Å². The van der Waals surface area contributed by atoms with Crippen LogP contribution in [0, 0.1) is 0 Å². The van der Waals surface area contributed by atoms with Gasteiger partial charge in [0.15, 0.2) is 0 Å². The minimum absolute atomic E-state index is 0.0227. The molecule has 0 heterocycles. The molecule has 3 N–H and O–H groups in total. The summed E-state index contributed by atoms with van der Waals surface area (Å²) >= 11 is 0. The van der Waals surface area contributed by atoms with Gasteiger partial charge in [0, 0.05) is 28.7 Å². The van der Waals surface area contributed by atoms with Crippen LogP contribution in [0.5, 0.6) is 0 Å². The van der Waals surface area contributed by atoms with Crippen LogP contribution in [-0.4, -0.2) is 20.4 Å². The standard InChI is InChI=1S/C24H25N3O3S/c28-24(26-21-15-13-20(14-16-21)25-19-8-2-1-3-9-19)18-7-6-12-23(17-18)31(29,30)27-22-10-4-5-11-22/h1-3,6-9,12-17,22,25,27H,4-5,10-11H2,(H,26,28). The van der Waals surface area contributed by atoms with E-state index in [4.69, 9.17) is 0 Å². The molecule has 3 aromatic rings. The lowest BCUT2D eigenvalue weighted by Gasteiger charge is -2.13. The van der Waals surface area contributed by atoms with Crippen molar-refractivity contribution in [2.24, 2.45) is 0 Å². The Morgan fingerprint density at radius 1 is 0.774 bits per heavy atom. The van der Waals surface area contributed by atoms with Gasteiger partial charge >= 0.3 is 0 Å². The Balaban J connectivity index is 1.42. The van der Waals surface area contributed by atoms with Crippen molar-refractivity contribution in [3.8, 4) is 0 Å². The predicted molar refractivity (Wildman–Crippen MR) is 123 cm³/mol. The van der Waals surface area contributed by atoms with Gasteiger partial charge in [0.05, 0.1) is 4.90 Å². The molecule has 4 rings (SSSR count). The monoisotopic (exact) mass is 435 g/mol. The Kier molecular flexibility index (Phi) is 6.34. The maximum atomic E-state index is 12.7. The third kappa shape index (κ3) is 5.51. The highest BCUT2D eigenvalue weighted by Crippen LogP contribution is 2.22. The molecule has 0 atom stereocenters. The van der Waals surface area contributed by atoms with E-state index >= 15 is 0 Å². The zero-order chi connectivity index (χ0) is 21.7. The van der Waals surface area contributed by atoms with Crippen molar-refractivity contribution in [2.75, 3.05) is 10.6 Å². The Labute approximate surface area is 182 Å². The van der Waals surface area contributed by atoms with Crippen LogP contribution in [0.25, 0.3) is 0 Å². The molecule has 3 aromatic carbocycles. The molecule has 0 saturated heterocycles. The smallest absolute Gasteiger partial charge is 0.255 e. The SMILES string of the molecule is O=C(Nc1ccc(Nc2ccccc2)cc1)c1cccc(S(=O)(=O)NC2CCCC2)c1. The highest BCUT2D eigenvalue weighted by atomic mass is 32.2. The molecule has 0 radical (unpaired) electrons. The van der Waals surface area contributed by atoms with Gasteiger partial charge in [-0.15, -0.1) is 0 Å². The van der Waals surface area contributed by atoms with Gasteiger partial charge in [-0.3, -0.25) is 4.79 Å². The van der Waals surface area contributed by atoms with E-state index in [1.165, 1.54) is 12.1 Å². The first-order valence-corrected chi connectivity index (χ1v) is 11.8. The van der Waals surface area contributed by atoms with Crippen LogP contribution in [0.3, 0.4) is 0 Å². The highest BCUT2D eigenvalue weighted by Gasteiger charge is 2.23. The van der Waals surface area contributed by atoms with E-state index in [0.29, 0.717) is 11.3 Å². The molecule has 0 unspecified atom stereocenters. The Hall–Kier alpha value is -3.16. The second-order valence-corrected chi connectivity index (χ2v) is 9.37. The van der Waals surface area contributed by atoms with Gasteiger partial charge in [0.2, 0.25) is 10.0 Å². The third-order valence-corrected chi connectivity index (χ3v) is 6.81. The number of carbonyl (C=O) groups is 1. The highest BCUT2D eigenvalue weighted by molar-refractivity contribution is 7.89. The van der Waals surface area contributed by atoms with Gasteiger partial charge in [-0.1, -0.05) is 37.1 Å². The van der Waals surface area contributed by atoms with Crippen molar-refractivity contribution in [1.29, 1.82) is 0 Å². The fraction of sp³-hybridized carbons (Fsp3) is 0.208. The van der Waals surface area contributed by atoms with Crippen molar-refractivity contribution >= 4 is 33.0 Å². The fourth-order valence-electron chi connectivity index (χ4n) is 3.66. The van der Waals surface area contributed by atoms with E-state index in [1.54, 1.807) is 24.3 Å². The summed E-state index contributed by atoms with van der Waals surface area (Å²) in [4.78, 5) is 12.8. The van der Waals surface area contributed by atoms with Crippen LogP contribution in [0.4, 0.5) is 17.1 Å². The molecule has 1 aliphatic rings. The van der Waals surface area contributed by atoms with Gasteiger partial charge in [0.1, 0.15) is 0 Å². The van der Waals surface area contributed by atoms with Crippen molar-refractivity contribution in [3.63, 3.8) is 0 Å². The summed E-state index contributed by atoms with van der Waals surface area (Å²) in [5.41, 5.74) is 2.79. The van der Waals surface area contributed by atoms with Gasteiger partial charge in [0.25, 0.3) is 5.91 Å². The number of benzene rings is 3. The van der Waals surface area contributed by atoms with E-state index in [2.05, 4.69) is 15.4 Å². The van der Waals surface area contributed by atoms with Gasteiger partial charge in [-0.2, -0.15) is 0 Å². The topological polar surface area (TPSA) is 87.3 Å². The molecule has 0 bridgehead atoms. The van der Waals surface area contributed by atoms with E-state index in [1.807, 2.05) is 42.5 Å². The first-order chi connectivity index (χ1) is 15.0. The number of anilines is 3. The quantitative estimate of drug-likeness (QED) is 0.492. The van der Waals surface area contributed by atoms with Crippen LogP contribution in [0.2, 0.25) is 0 Å². The maximum Gasteiger partial charge on any atom is 0.255 e. The summed E-state index contributed by atoms with van der Waals surface area (Å²) in [6.45, 7) is 0. The van der Waals surface area contributed by atoms with Crippen LogP contribution < -0.4 is 15.4 Å². The molecule has 1 amide bonds. The first-order valence-electron chi connectivity index (χ1n) is 10.4. The minimum atomic E-state index is -3.65. The van der Waals surface area contributed by atoms with Gasteiger partial charge in [-0.25, -0.2) is 13.1 Å². The van der Waals surface area contributed by atoms with E-state index in [-0.39, 0.29) is 16.8 Å². The lowest BCUT2D eigenvalue weighted by atomic mass is 10.2. The Morgan fingerprint density at radius 3 is 2.13 bits per heavy atom. The molecule has 1 fully saturated rings. The number of nitrogens with one attached hydrogen (secondary N) is 3. The fourth-order valence-corrected chi connectivity index (χ4v) is 5.01. The number of sulfonamides is 1. The first kappa shape index (κ1) is 21.1. The summed E-state index contributed by atoms with van der Waals surface area (Å²) in [6.07, 6.45) is 3.79. The molecule has 31 heavy (non-hydrogen) atoms. The summed E-state index contributed by atoms with van der Waals surface area (Å²) in [7, 11) is -3.65. The molecule has 0 aliphatic heterocycles. The number of hydrogen-bond acceptors (Lipinski definition) is 4. The lowest BCUT2D eigenvalue weighted by Crippen LogP contribution is -2.32. The second-order valence-electron chi connectivity index (χ2n) is 7.65. The molecular weight excluding hydrogens is 410 g/mol. The van der Waals surface area contributed by atoms with Crippen LogP contribution in [-0.2, 0) is 10.0 Å². The van der Waals surface area contributed by atoms with E-state index < -0.39 is 10.0 Å². The average molecular weight is 436 g/mol. The molecule has 1 aliphatic carbocycles. The van der Waals surface area contributed by atoms with Gasteiger partial charge < -0.3 is 10.6 Å². The lowest BCUT2D eigenvalue weighted by molar-refractivity contribution is 0.102. The van der Waals surface area contributed by atoms with E-state index in [0.717, 1.165) is 37.1 Å². The number of amides is 1. The third-order valence-electron chi connectivity index (χ3n) is 5.29. The van der Waals surface area contributed by atoms with Crippen LogP contribution in [0.15, 0.2) is 83.8 Å². The Morgan fingerprint density at radius 2 is 1.42 bits per heavy atom. The van der Waals surface area contributed by atoms with Crippen molar-refractivity contribution in [3.05, 3.63) is 84.4 Å². The largest absolute Gasteiger partial charge is 0.356 e. The number of rotatable bonds is 7. The zero-order valence-electron chi connectivity index (χ0n) is 17.0. The molecule has 1 saturated carbocycles. The number of hydrogen-bond donors (Lipinski definition) is 3. The maximum absolute atomic E-state index is 12.7.